The van der Waals surface area contributed by atoms with Gasteiger partial charge in [0.15, 0.2) is 0 Å². The van der Waals surface area contributed by atoms with E-state index in [2.05, 4.69) is 15.0 Å². The molecule has 1 fully saturated rings. The van der Waals surface area contributed by atoms with Crippen LogP contribution in [0, 0.1) is 0 Å². The molecule has 0 bridgehead atoms. The molecule has 2 aromatic heterocycles. The van der Waals surface area contributed by atoms with E-state index in [4.69, 9.17) is 5.11 Å². The minimum absolute atomic E-state index is 0.0900. The van der Waals surface area contributed by atoms with Crippen molar-refractivity contribution in [3.8, 4) is 0 Å². The number of aromatic amines is 1. The average Bonchev–Trinajstić information content (AvgIpc) is 3.36. The highest BCUT2D eigenvalue weighted by atomic mass is 32.1. The van der Waals surface area contributed by atoms with Gasteiger partial charge in [0, 0.05) is 24.4 Å². The van der Waals surface area contributed by atoms with Crippen LogP contribution in [-0.4, -0.2) is 56.3 Å². The van der Waals surface area contributed by atoms with Crippen molar-refractivity contribution in [2.75, 3.05) is 18.0 Å². The largest absolute Gasteiger partial charge is 0.491 e. The zero-order valence-corrected chi connectivity index (χ0v) is 16.2. The van der Waals surface area contributed by atoms with Gasteiger partial charge >= 0.3 is 12.4 Å². The van der Waals surface area contributed by atoms with Crippen LogP contribution in [0.4, 0.5) is 23.7 Å². The minimum atomic E-state index is -4.94. The normalized spacial score (nSPS) is 15.5. The number of nitrogens with one attached hydrogen (secondary N) is 1. The fraction of sp³-hybridized carbons (Fsp3) is 0.333. The van der Waals surface area contributed by atoms with E-state index < -0.39 is 18.3 Å². The second-order valence-electron chi connectivity index (χ2n) is 6.83. The summed E-state index contributed by atoms with van der Waals surface area (Å²) in [5.74, 6) is -1.36. The lowest BCUT2D eigenvalue weighted by molar-refractivity contribution is -0.122. The Morgan fingerprint density at radius 1 is 1.27 bits per heavy atom. The molecule has 1 saturated heterocycles. The molecule has 3 heterocycles. The van der Waals surface area contributed by atoms with Gasteiger partial charge in [-0.25, -0.2) is 19.7 Å². The maximum Gasteiger partial charge on any atom is 0.491 e. The van der Waals surface area contributed by atoms with Gasteiger partial charge < -0.3 is 15.0 Å². The Morgan fingerprint density at radius 2 is 2.00 bits per heavy atom. The third-order valence-corrected chi connectivity index (χ3v) is 5.98. The topological polar surface area (TPSA) is 102 Å². The predicted molar refractivity (Wildman–Crippen MR) is 103 cm³/mol. The Labute approximate surface area is 172 Å². The van der Waals surface area contributed by atoms with Crippen molar-refractivity contribution in [3.05, 3.63) is 40.6 Å². The first-order valence-electron chi connectivity index (χ1n) is 9.02. The van der Waals surface area contributed by atoms with Crippen LogP contribution in [0.2, 0.25) is 0 Å². The van der Waals surface area contributed by atoms with Crippen molar-refractivity contribution >= 4 is 40.1 Å². The number of aromatic nitrogens is 3. The second kappa shape index (κ2) is 7.59. The monoisotopic (exact) mass is 439 g/mol. The SMILES string of the molecule is O=C(O)N1CCC(c2nc(C(=O)N(c3ccc4nc[nH]c4c3)C(F)(F)F)cs2)CC1. The van der Waals surface area contributed by atoms with Crippen LogP contribution >= 0.6 is 11.3 Å². The highest BCUT2D eigenvalue weighted by molar-refractivity contribution is 7.10. The maximum absolute atomic E-state index is 13.7. The molecule has 2 amide bonds. The van der Waals surface area contributed by atoms with Crippen molar-refractivity contribution in [1.29, 1.82) is 0 Å². The Balaban J connectivity index is 1.58. The quantitative estimate of drug-likeness (QED) is 0.600. The standard InChI is InChI=1S/C18H16F3N5O3S/c19-18(20,21)26(11-1-2-12-13(7-11)23-9-22-12)16(27)14-8-30-15(24-14)10-3-5-25(6-4-10)17(28)29/h1-2,7-10H,3-6H2,(H,22,23)(H,28,29). The number of H-pyrrole nitrogens is 1. The van der Waals surface area contributed by atoms with Crippen LogP contribution in [0.15, 0.2) is 29.9 Å². The van der Waals surface area contributed by atoms with Crippen LogP contribution in [0.3, 0.4) is 0 Å². The first-order valence-corrected chi connectivity index (χ1v) is 9.89. The summed E-state index contributed by atoms with van der Waals surface area (Å²) in [5.41, 5.74) is 0.224. The van der Waals surface area contributed by atoms with E-state index in [-0.39, 0.29) is 22.2 Å². The van der Waals surface area contributed by atoms with Crippen LogP contribution < -0.4 is 4.90 Å². The van der Waals surface area contributed by atoms with E-state index in [9.17, 15) is 22.8 Å². The van der Waals surface area contributed by atoms with Crippen molar-refractivity contribution in [2.24, 2.45) is 0 Å². The Hall–Kier alpha value is -3.15. The molecule has 0 aliphatic carbocycles. The fourth-order valence-electron chi connectivity index (χ4n) is 3.45. The number of piperidine rings is 1. The molecule has 12 heteroatoms. The van der Waals surface area contributed by atoms with Gasteiger partial charge in [0.25, 0.3) is 5.91 Å². The number of rotatable bonds is 3. The molecule has 1 aromatic carbocycles. The average molecular weight is 439 g/mol. The van der Waals surface area contributed by atoms with Gasteiger partial charge in [-0.05, 0) is 31.0 Å². The van der Waals surface area contributed by atoms with E-state index in [1.54, 1.807) is 0 Å². The van der Waals surface area contributed by atoms with E-state index in [1.165, 1.54) is 34.8 Å². The van der Waals surface area contributed by atoms with Crippen LogP contribution in [-0.2, 0) is 0 Å². The number of amides is 2. The number of likely N-dealkylation sites (tertiary alicyclic amines) is 1. The smallest absolute Gasteiger partial charge is 0.465 e. The molecule has 30 heavy (non-hydrogen) atoms. The number of imidazole rings is 1. The summed E-state index contributed by atoms with van der Waals surface area (Å²) in [7, 11) is 0. The molecule has 0 saturated carbocycles. The molecule has 1 aliphatic heterocycles. The minimum Gasteiger partial charge on any atom is -0.465 e. The van der Waals surface area contributed by atoms with Gasteiger partial charge in [0.2, 0.25) is 0 Å². The lowest BCUT2D eigenvalue weighted by Crippen LogP contribution is -2.43. The molecule has 0 radical (unpaired) electrons. The molecule has 158 valence electrons. The van der Waals surface area contributed by atoms with E-state index >= 15 is 0 Å². The van der Waals surface area contributed by atoms with E-state index in [0.717, 1.165) is 11.3 Å². The van der Waals surface area contributed by atoms with Gasteiger partial charge in [-0.2, -0.15) is 0 Å². The lowest BCUT2D eigenvalue weighted by atomic mass is 9.98. The Kier molecular flexibility index (Phi) is 5.10. The number of benzene rings is 1. The molecule has 0 atom stereocenters. The molecule has 1 aliphatic rings. The summed E-state index contributed by atoms with van der Waals surface area (Å²) < 4.78 is 41.2. The molecule has 2 N–H and O–H groups in total. The first kappa shape index (κ1) is 20.1. The maximum atomic E-state index is 13.7. The third-order valence-electron chi connectivity index (χ3n) is 4.97. The van der Waals surface area contributed by atoms with Crippen LogP contribution in [0.25, 0.3) is 11.0 Å². The summed E-state index contributed by atoms with van der Waals surface area (Å²) in [4.78, 5) is 35.6. The molecular weight excluding hydrogens is 423 g/mol. The number of halogens is 3. The van der Waals surface area contributed by atoms with Gasteiger partial charge in [-0.1, -0.05) is 0 Å². The van der Waals surface area contributed by atoms with Crippen LogP contribution in [0.1, 0.15) is 34.3 Å². The number of carbonyl (C=O) groups excluding carboxylic acids is 1. The van der Waals surface area contributed by atoms with Crippen LogP contribution in [0.5, 0.6) is 0 Å². The number of hydrogen-bond donors (Lipinski definition) is 2. The lowest BCUT2D eigenvalue weighted by Gasteiger charge is -2.28. The number of hydrogen-bond acceptors (Lipinski definition) is 5. The summed E-state index contributed by atoms with van der Waals surface area (Å²) in [6, 6.07) is 3.79. The Morgan fingerprint density at radius 3 is 2.67 bits per heavy atom. The van der Waals surface area contributed by atoms with E-state index in [0.29, 0.717) is 42.0 Å². The highest BCUT2D eigenvalue weighted by Gasteiger charge is 2.43. The number of thiazole rings is 1. The van der Waals surface area contributed by atoms with E-state index in [1.807, 2.05) is 0 Å². The second-order valence-corrected chi connectivity index (χ2v) is 7.72. The zero-order chi connectivity index (χ0) is 21.5. The number of anilines is 1. The number of carboxylic acid groups (broad SMARTS) is 1. The number of nitrogens with zero attached hydrogens (tertiary/aromatic N) is 4. The summed E-state index contributed by atoms with van der Waals surface area (Å²) in [6.45, 7) is 0.642. The van der Waals surface area contributed by atoms with Gasteiger partial charge in [-0.15, -0.1) is 24.5 Å². The van der Waals surface area contributed by atoms with Crippen molar-refractivity contribution in [3.63, 3.8) is 0 Å². The number of alkyl halides is 3. The van der Waals surface area contributed by atoms with Gasteiger partial charge in [0.05, 0.1) is 28.1 Å². The third kappa shape index (κ3) is 3.82. The summed E-state index contributed by atoms with van der Waals surface area (Å²) in [6.07, 6.45) is -3.57. The molecule has 8 nitrogen and oxygen atoms in total. The first-order chi connectivity index (χ1) is 14.2. The molecule has 0 spiro atoms. The van der Waals surface area contributed by atoms with Crippen molar-refractivity contribution in [1.82, 2.24) is 19.9 Å². The summed E-state index contributed by atoms with van der Waals surface area (Å²) in [5, 5.41) is 10.9. The molecule has 3 aromatic rings. The zero-order valence-electron chi connectivity index (χ0n) is 15.4. The predicted octanol–water partition coefficient (Wildman–Crippen LogP) is 4.04. The van der Waals surface area contributed by atoms with Gasteiger partial charge in [-0.3, -0.25) is 4.79 Å². The number of fused-ring (bicyclic) bond motifs is 1. The van der Waals surface area contributed by atoms with Crippen molar-refractivity contribution in [2.45, 2.75) is 25.1 Å². The van der Waals surface area contributed by atoms with Gasteiger partial charge in [0.1, 0.15) is 5.69 Å². The number of carbonyl (C=O) groups is 2. The molecule has 0 unspecified atom stereocenters. The Bertz CT molecular complexity index is 1090. The molecule has 4 rings (SSSR count). The van der Waals surface area contributed by atoms with Crippen molar-refractivity contribution < 1.29 is 27.9 Å². The highest BCUT2D eigenvalue weighted by Crippen LogP contribution is 2.34. The summed E-state index contributed by atoms with van der Waals surface area (Å²) >= 11 is 1.11. The fourth-order valence-corrected chi connectivity index (χ4v) is 4.41. The molecular formula is C18H16F3N5O3S.